The van der Waals surface area contributed by atoms with Crippen LogP contribution in [0.2, 0.25) is 0 Å². The van der Waals surface area contributed by atoms with Gasteiger partial charge >= 0.3 is 0 Å². The molecule has 200 valence electrons. The van der Waals surface area contributed by atoms with Crippen molar-refractivity contribution in [1.29, 1.82) is 0 Å². The van der Waals surface area contributed by atoms with E-state index in [2.05, 4.69) is 21.0 Å². The van der Waals surface area contributed by atoms with E-state index in [4.69, 9.17) is 5.11 Å². The minimum Gasteiger partial charge on any atom is -0.396 e. The van der Waals surface area contributed by atoms with Crippen molar-refractivity contribution in [3.63, 3.8) is 0 Å². The fourth-order valence-corrected chi connectivity index (χ4v) is 5.47. The highest BCUT2D eigenvalue weighted by Gasteiger charge is 2.52. The van der Waals surface area contributed by atoms with Gasteiger partial charge in [-0.15, -0.1) is 0 Å². The number of aliphatic hydroxyl groups excluding tert-OH is 1. The second-order valence-corrected chi connectivity index (χ2v) is 10.7. The van der Waals surface area contributed by atoms with Gasteiger partial charge in [0.25, 0.3) is 5.91 Å². The summed E-state index contributed by atoms with van der Waals surface area (Å²) in [6.45, 7) is 2.06. The lowest BCUT2D eigenvalue weighted by Gasteiger charge is -2.28. The number of carbonyl (C=O) groups is 2. The van der Waals surface area contributed by atoms with Crippen molar-refractivity contribution >= 4 is 44.8 Å². The van der Waals surface area contributed by atoms with Crippen LogP contribution >= 0.6 is 15.9 Å². The van der Waals surface area contributed by atoms with Crippen molar-refractivity contribution in [2.45, 2.75) is 38.3 Å². The standard InChI is InChI=1S/C31H30BrN3O4/c1-21(7-5-6-18-36)31(39)26-19-24(32)12-16-28(26)34(30(31)38)20-22-10-13-25(14-11-22)35-29(37)17-15-27(33-35)23-8-3-2-4-9-23/h2-5,7-14,16,19,21,36,39H,6,15,17-18,20H2,1H3/b7-5+/t21-,31+/m1/s1. The highest BCUT2D eigenvalue weighted by molar-refractivity contribution is 9.10. The number of hydrazone groups is 1. The van der Waals surface area contributed by atoms with Gasteiger partial charge in [0.1, 0.15) is 0 Å². The first-order valence-corrected chi connectivity index (χ1v) is 13.8. The van der Waals surface area contributed by atoms with E-state index in [0.29, 0.717) is 36.2 Å². The van der Waals surface area contributed by atoms with Crippen molar-refractivity contribution in [3.05, 3.63) is 106 Å². The van der Waals surface area contributed by atoms with E-state index in [9.17, 15) is 14.7 Å². The molecule has 7 nitrogen and oxygen atoms in total. The summed E-state index contributed by atoms with van der Waals surface area (Å²) in [6, 6.07) is 22.7. The van der Waals surface area contributed by atoms with Crippen LogP contribution in [0.3, 0.4) is 0 Å². The molecule has 0 spiro atoms. The Labute approximate surface area is 236 Å². The Balaban J connectivity index is 1.40. The van der Waals surface area contributed by atoms with E-state index in [1.807, 2.05) is 66.7 Å². The minimum absolute atomic E-state index is 0.00174. The fourth-order valence-electron chi connectivity index (χ4n) is 5.11. The first-order chi connectivity index (χ1) is 18.8. The summed E-state index contributed by atoms with van der Waals surface area (Å²) >= 11 is 3.47. The molecule has 2 aliphatic rings. The zero-order chi connectivity index (χ0) is 27.6. The topological polar surface area (TPSA) is 93.4 Å². The summed E-state index contributed by atoms with van der Waals surface area (Å²) in [5.74, 6) is -0.965. The van der Waals surface area contributed by atoms with Gasteiger partial charge in [0, 0.05) is 35.4 Å². The van der Waals surface area contributed by atoms with Crippen LogP contribution in [0.1, 0.15) is 42.9 Å². The predicted molar refractivity (Wildman–Crippen MR) is 155 cm³/mol. The molecule has 0 aliphatic carbocycles. The molecule has 0 fully saturated rings. The molecule has 8 heteroatoms. The summed E-state index contributed by atoms with van der Waals surface area (Å²) in [4.78, 5) is 28.0. The van der Waals surface area contributed by atoms with Crippen LogP contribution in [-0.4, -0.2) is 34.3 Å². The number of hydrogen-bond donors (Lipinski definition) is 2. The molecular weight excluding hydrogens is 558 g/mol. The number of rotatable bonds is 8. The number of halogens is 1. The molecule has 2 heterocycles. The molecule has 0 unspecified atom stereocenters. The molecule has 0 aromatic heterocycles. The number of benzene rings is 3. The molecule has 39 heavy (non-hydrogen) atoms. The van der Waals surface area contributed by atoms with E-state index < -0.39 is 17.4 Å². The molecule has 0 bridgehead atoms. The summed E-state index contributed by atoms with van der Waals surface area (Å²) in [5, 5.41) is 26.9. The van der Waals surface area contributed by atoms with Gasteiger partial charge in [-0.05, 0) is 47.9 Å². The molecule has 3 aromatic carbocycles. The van der Waals surface area contributed by atoms with E-state index in [1.54, 1.807) is 30.0 Å². The Hall–Kier alpha value is -3.59. The molecule has 2 atom stereocenters. The lowest BCUT2D eigenvalue weighted by molar-refractivity contribution is -0.139. The molecule has 5 rings (SSSR count). The zero-order valence-corrected chi connectivity index (χ0v) is 23.2. The second kappa shape index (κ2) is 11.3. The number of anilines is 2. The maximum absolute atomic E-state index is 13.7. The smallest absolute Gasteiger partial charge is 0.264 e. The molecular formula is C31H30BrN3O4. The fraction of sp³-hybridized carbons (Fsp3) is 0.258. The van der Waals surface area contributed by atoms with Crippen molar-refractivity contribution in [2.75, 3.05) is 16.5 Å². The van der Waals surface area contributed by atoms with E-state index in [1.165, 1.54) is 5.01 Å². The van der Waals surface area contributed by atoms with Crippen molar-refractivity contribution in [1.82, 2.24) is 0 Å². The number of fused-ring (bicyclic) bond motifs is 1. The van der Waals surface area contributed by atoms with Crippen LogP contribution in [0.25, 0.3) is 0 Å². The van der Waals surface area contributed by atoms with Crippen LogP contribution in [0, 0.1) is 5.92 Å². The molecule has 2 amide bonds. The Morgan fingerprint density at radius 3 is 2.51 bits per heavy atom. The van der Waals surface area contributed by atoms with E-state index >= 15 is 0 Å². The maximum atomic E-state index is 13.7. The quantitative estimate of drug-likeness (QED) is 0.350. The van der Waals surface area contributed by atoms with Gasteiger partial charge in [-0.25, -0.2) is 5.01 Å². The highest BCUT2D eigenvalue weighted by Crippen LogP contribution is 2.46. The third-order valence-electron chi connectivity index (χ3n) is 7.27. The third kappa shape index (κ3) is 5.20. The average molecular weight is 589 g/mol. The van der Waals surface area contributed by atoms with Crippen LogP contribution in [-0.2, 0) is 21.7 Å². The number of nitrogens with zero attached hydrogens (tertiary/aromatic N) is 3. The lowest BCUT2D eigenvalue weighted by atomic mass is 9.83. The Morgan fingerprint density at radius 1 is 1.05 bits per heavy atom. The van der Waals surface area contributed by atoms with Crippen LogP contribution in [0.15, 0.2) is 94.5 Å². The number of hydrogen-bond acceptors (Lipinski definition) is 5. The lowest BCUT2D eigenvalue weighted by Crippen LogP contribution is -2.44. The molecule has 0 saturated carbocycles. The SMILES string of the molecule is C[C@H](/C=C/CCO)[C@@]1(O)C(=O)N(Cc2ccc(N3N=C(c4ccccc4)CCC3=O)cc2)c2ccc(Br)cc21. The number of amides is 2. The summed E-state index contributed by atoms with van der Waals surface area (Å²) in [5.41, 5.74) is 2.84. The Morgan fingerprint density at radius 2 is 1.79 bits per heavy atom. The summed E-state index contributed by atoms with van der Waals surface area (Å²) in [7, 11) is 0. The van der Waals surface area contributed by atoms with E-state index in [0.717, 1.165) is 21.3 Å². The predicted octanol–water partition coefficient (Wildman–Crippen LogP) is 5.29. The van der Waals surface area contributed by atoms with Gasteiger partial charge in [-0.2, -0.15) is 5.10 Å². The van der Waals surface area contributed by atoms with Gasteiger partial charge in [0.05, 0.1) is 23.6 Å². The zero-order valence-electron chi connectivity index (χ0n) is 21.6. The molecule has 2 aliphatic heterocycles. The van der Waals surface area contributed by atoms with Gasteiger partial charge in [0.2, 0.25) is 5.91 Å². The number of aliphatic hydroxyl groups is 2. The molecule has 0 radical (unpaired) electrons. The maximum Gasteiger partial charge on any atom is 0.264 e. The average Bonchev–Trinajstić information content (AvgIpc) is 3.16. The monoisotopic (exact) mass is 587 g/mol. The minimum atomic E-state index is -1.73. The van der Waals surface area contributed by atoms with Gasteiger partial charge in [0.15, 0.2) is 5.60 Å². The Kier molecular flexibility index (Phi) is 7.79. The van der Waals surface area contributed by atoms with E-state index in [-0.39, 0.29) is 19.1 Å². The highest BCUT2D eigenvalue weighted by atomic mass is 79.9. The van der Waals surface area contributed by atoms with Crippen LogP contribution in [0.4, 0.5) is 11.4 Å². The largest absolute Gasteiger partial charge is 0.396 e. The van der Waals surface area contributed by atoms with Crippen LogP contribution in [0.5, 0.6) is 0 Å². The molecule has 3 aromatic rings. The number of carbonyl (C=O) groups excluding carboxylic acids is 2. The molecule has 0 saturated heterocycles. The van der Waals surface area contributed by atoms with Crippen molar-refractivity contribution in [2.24, 2.45) is 11.0 Å². The second-order valence-electron chi connectivity index (χ2n) is 9.83. The Bertz CT molecular complexity index is 1440. The van der Waals surface area contributed by atoms with Gasteiger partial charge in [-0.3, -0.25) is 9.59 Å². The molecule has 2 N–H and O–H groups in total. The first-order valence-electron chi connectivity index (χ1n) is 13.0. The normalized spacial score (nSPS) is 19.9. The third-order valence-corrected chi connectivity index (χ3v) is 7.77. The first kappa shape index (κ1) is 27.0. The van der Waals surface area contributed by atoms with Crippen molar-refractivity contribution in [3.8, 4) is 0 Å². The van der Waals surface area contributed by atoms with Crippen molar-refractivity contribution < 1.29 is 19.8 Å². The summed E-state index contributed by atoms with van der Waals surface area (Å²) in [6.07, 6.45) is 4.99. The van der Waals surface area contributed by atoms with Crippen LogP contribution < -0.4 is 9.91 Å². The van der Waals surface area contributed by atoms with Gasteiger partial charge < -0.3 is 15.1 Å². The summed E-state index contributed by atoms with van der Waals surface area (Å²) < 4.78 is 0.770. The van der Waals surface area contributed by atoms with Gasteiger partial charge in [-0.1, -0.05) is 77.5 Å².